The molecule has 0 saturated carbocycles. The predicted octanol–water partition coefficient (Wildman–Crippen LogP) is 0.285. The van der Waals surface area contributed by atoms with E-state index in [-0.39, 0.29) is 0 Å². The van der Waals surface area contributed by atoms with Gasteiger partial charge in [0.1, 0.15) is 0 Å². The van der Waals surface area contributed by atoms with E-state index in [1.165, 1.54) is 0 Å². The first kappa shape index (κ1) is 12.9. The van der Waals surface area contributed by atoms with Crippen LogP contribution in [0, 0.1) is 0 Å². The molecule has 0 aromatic carbocycles. The molecular formula is C11H24N2O2. The van der Waals surface area contributed by atoms with Crippen molar-refractivity contribution in [2.75, 3.05) is 60.2 Å². The van der Waals surface area contributed by atoms with E-state index in [2.05, 4.69) is 16.7 Å². The lowest BCUT2D eigenvalue weighted by atomic mass is 10.2. The van der Waals surface area contributed by atoms with Crippen molar-refractivity contribution in [2.45, 2.75) is 13.0 Å². The molecule has 1 aliphatic rings. The molecule has 0 aliphatic carbocycles. The molecule has 0 radical (unpaired) electrons. The van der Waals surface area contributed by atoms with Crippen LogP contribution in [0.1, 0.15) is 6.92 Å². The summed E-state index contributed by atoms with van der Waals surface area (Å²) in [6.45, 7) is 9.51. The van der Waals surface area contributed by atoms with Gasteiger partial charge in [-0.15, -0.1) is 0 Å². The van der Waals surface area contributed by atoms with Gasteiger partial charge in [0, 0.05) is 53.0 Å². The average Bonchev–Trinajstić information content (AvgIpc) is 2.25. The lowest BCUT2D eigenvalue weighted by Crippen LogP contribution is -2.53. The van der Waals surface area contributed by atoms with Crippen LogP contribution in [0.5, 0.6) is 0 Å². The number of hydrogen-bond donors (Lipinski definition) is 0. The Balaban J connectivity index is 2.21. The molecule has 90 valence electrons. The predicted molar refractivity (Wildman–Crippen MR) is 61.2 cm³/mol. The molecule has 0 unspecified atom stereocenters. The summed E-state index contributed by atoms with van der Waals surface area (Å²) < 4.78 is 10.2. The first-order chi connectivity index (χ1) is 7.27. The first-order valence-electron chi connectivity index (χ1n) is 5.72. The molecule has 1 atom stereocenters. The Bertz CT molecular complexity index is 167. The van der Waals surface area contributed by atoms with Gasteiger partial charge in [0.25, 0.3) is 0 Å². The third kappa shape index (κ3) is 4.47. The molecule has 1 heterocycles. The fraction of sp³-hybridized carbons (Fsp3) is 1.00. The minimum Gasteiger partial charge on any atom is -0.383 e. The van der Waals surface area contributed by atoms with Crippen LogP contribution in [0.4, 0.5) is 0 Å². The van der Waals surface area contributed by atoms with Crippen molar-refractivity contribution in [2.24, 2.45) is 0 Å². The summed E-state index contributed by atoms with van der Waals surface area (Å²) in [6.07, 6.45) is 0. The summed E-state index contributed by atoms with van der Waals surface area (Å²) in [6, 6.07) is 0.630. The summed E-state index contributed by atoms with van der Waals surface area (Å²) in [5.41, 5.74) is 0. The fourth-order valence-electron chi connectivity index (χ4n) is 2.03. The van der Waals surface area contributed by atoms with Gasteiger partial charge in [-0.25, -0.2) is 0 Å². The van der Waals surface area contributed by atoms with Crippen molar-refractivity contribution < 1.29 is 9.47 Å². The Morgan fingerprint density at radius 2 is 1.73 bits per heavy atom. The topological polar surface area (TPSA) is 24.9 Å². The Morgan fingerprint density at radius 3 is 2.33 bits per heavy atom. The highest BCUT2D eigenvalue weighted by Crippen LogP contribution is 2.08. The van der Waals surface area contributed by atoms with Gasteiger partial charge in [-0.05, 0) is 6.92 Å². The zero-order valence-electron chi connectivity index (χ0n) is 10.2. The van der Waals surface area contributed by atoms with Gasteiger partial charge in [0.15, 0.2) is 0 Å². The van der Waals surface area contributed by atoms with Crippen LogP contribution in [0.3, 0.4) is 0 Å². The molecule has 0 aromatic heterocycles. The molecule has 0 bridgehead atoms. The van der Waals surface area contributed by atoms with Crippen LogP contribution in [-0.2, 0) is 9.47 Å². The van der Waals surface area contributed by atoms with Gasteiger partial charge in [-0.3, -0.25) is 9.80 Å². The van der Waals surface area contributed by atoms with Crippen molar-refractivity contribution in [3.63, 3.8) is 0 Å². The normalized spacial score (nSPS) is 24.6. The number of nitrogens with zero attached hydrogens (tertiary/aromatic N) is 2. The zero-order chi connectivity index (χ0) is 11.1. The van der Waals surface area contributed by atoms with E-state index < -0.39 is 0 Å². The SMILES string of the molecule is COCCN1CCN(CCOC)[C@H](C)C1. The van der Waals surface area contributed by atoms with Crippen molar-refractivity contribution in [3.8, 4) is 0 Å². The summed E-state index contributed by atoms with van der Waals surface area (Å²) >= 11 is 0. The minimum absolute atomic E-state index is 0.630. The number of ether oxygens (including phenoxy) is 2. The molecule has 1 rings (SSSR count). The Hall–Kier alpha value is -0.160. The third-order valence-electron chi connectivity index (χ3n) is 3.04. The standard InChI is InChI=1S/C11H24N2O2/c1-11-10-12(6-8-14-2)4-5-13(11)7-9-15-3/h11H,4-10H2,1-3H3/t11-/m1/s1. The Labute approximate surface area is 93.1 Å². The molecule has 1 saturated heterocycles. The quantitative estimate of drug-likeness (QED) is 0.637. The van der Waals surface area contributed by atoms with Crippen LogP contribution < -0.4 is 0 Å². The molecule has 0 N–H and O–H groups in total. The first-order valence-corrected chi connectivity index (χ1v) is 5.72. The van der Waals surface area contributed by atoms with Gasteiger partial charge < -0.3 is 9.47 Å². The van der Waals surface area contributed by atoms with E-state index >= 15 is 0 Å². The lowest BCUT2D eigenvalue weighted by molar-refractivity contribution is 0.0463. The van der Waals surface area contributed by atoms with E-state index in [4.69, 9.17) is 9.47 Å². The number of rotatable bonds is 6. The zero-order valence-corrected chi connectivity index (χ0v) is 10.2. The van der Waals surface area contributed by atoms with Gasteiger partial charge in [0.2, 0.25) is 0 Å². The summed E-state index contributed by atoms with van der Waals surface area (Å²) in [5, 5.41) is 0. The average molecular weight is 216 g/mol. The molecule has 1 aliphatic heterocycles. The monoisotopic (exact) mass is 216 g/mol. The van der Waals surface area contributed by atoms with Crippen LogP contribution in [0.15, 0.2) is 0 Å². The van der Waals surface area contributed by atoms with E-state index in [0.29, 0.717) is 6.04 Å². The van der Waals surface area contributed by atoms with Crippen LogP contribution in [0.2, 0.25) is 0 Å². The molecule has 1 fully saturated rings. The molecule has 0 aromatic rings. The maximum atomic E-state index is 5.11. The van der Waals surface area contributed by atoms with Crippen molar-refractivity contribution in [1.29, 1.82) is 0 Å². The second-order valence-electron chi connectivity index (χ2n) is 4.17. The van der Waals surface area contributed by atoms with E-state index in [1.807, 2.05) is 0 Å². The van der Waals surface area contributed by atoms with Gasteiger partial charge >= 0.3 is 0 Å². The van der Waals surface area contributed by atoms with Gasteiger partial charge in [-0.1, -0.05) is 0 Å². The highest BCUT2D eigenvalue weighted by molar-refractivity contribution is 4.78. The van der Waals surface area contributed by atoms with Crippen LogP contribution in [0.25, 0.3) is 0 Å². The number of methoxy groups -OCH3 is 2. The molecule has 0 spiro atoms. The van der Waals surface area contributed by atoms with Crippen LogP contribution in [-0.4, -0.2) is 76.0 Å². The van der Waals surface area contributed by atoms with E-state index in [0.717, 1.165) is 45.9 Å². The van der Waals surface area contributed by atoms with E-state index in [1.54, 1.807) is 14.2 Å². The summed E-state index contributed by atoms with van der Waals surface area (Å²) in [5.74, 6) is 0. The van der Waals surface area contributed by atoms with E-state index in [9.17, 15) is 0 Å². The highest BCUT2D eigenvalue weighted by Gasteiger charge is 2.22. The third-order valence-corrected chi connectivity index (χ3v) is 3.04. The van der Waals surface area contributed by atoms with Crippen molar-refractivity contribution in [1.82, 2.24) is 9.80 Å². The smallest absolute Gasteiger partial charge is 0.0589 e. The fourth-order valence-corrected chi connectivity index (χ4v) is 2.03. The summed E-state index contributed by atoms with van der Waals surface area (Å²) in [7, 11) is 3.53. The largest absolute Gasteiger partial charge is 0.383 e. The molecule has 4 nitrogen and oxygen atoms in total. The second-order valence-corrected chi connectivity index (χ2v) is 4.17. The lowest BCUT2D eigenvalue weighted by Gasteiger charge is -2.39. The second kappa shape index (κ2) is 7.17. The van der Waals surface area contributed by atoms with Crippen LogP contribution >= 0.6 is 0 Å². The van der Waals surface area contributed by atoms with Crippen molar-refractivity contribution >= 4 is 0 Å². The number of piperazine rings is 1. The molecule has 4 heteroatoms. The molecule has 0 amide bonds. The molecular weight excluding hydrogens is 192 g/mol. The van der Waals surface area contributed by atoms with Gasteiger partial charge in [-0.2, -0.15) is 0 Å². The van der Waals surface area contributed by atoms with Gasteiger partial charge in [0.05, 0.1) is 13.2 Å². The van der Waals surface area contributed by atoms with Crippen molar-refractivity contribution in [3.05, 3.63) is 0 Å². The minimum atomic E-state index is 0.630. The molecule has 15 heavy (non-hydrogen) atoms. The Morgan fingerprint density at radius 1 is 1.07 bits per heavy atom. The maximum Gasteiger partial charge on any atom is 0.0589 e. The Kier molecular flexibility index (Phi) is 6.17. The summed E-state index contributed by atoms with van der Waals surface area (Å²) in [4.78, 5) is 4.96. The number of hydrogen-bond acceptors (Lipinski definition) is 4. The highest BCUT2D eigenvalue weighted by atomic mass is 16.5. The maximum absolute atomic E-state index is 5.11.